The van der Waals surface area contributed by atoms with Crippen LogP contribution in [0.3, 0.4) is 0 Å². The van der Waals surface area contributed by atoms with Crippen molar-refractivity contribution < 1.29 is 19.0 Å². The highest BCUT2D eigenvalue weighted by Gasteiger charge is 2.16. The van der Waals surface area contributed by atoms with Crippen LogP contribution in [0.2, 0.25) is 0 Å². The molecule has 1 aromatic heterocycles. The molecule has 4 aromatic rings. The largest absolute Gasteiger partial charge is 0.473 e. The van der Waals surface area contributed by atoms with Crippen molar-refractivity contribution in [3.63, 3.8) is 0 Å². The lowest BCUT2D eigenvalue weighted by Crippen LogP contribution is -2.23. The monoisotopic (exact) mass is 426 g/mol. The maximum absolute atomic E-state index is 13.1. The number of aryl methyl sites for hydroxylation is 1. The first kappa shape index (κ1) is 19.9. The lowest BCUT2D eigenvalue weighted by atomic mass is 10.1. The molecule has 1 aliphatic heterocycles. The smallest absolute Gasteiger partial charge is 0.252 e. The van der Waals surface area contributed by atoms with E-state index in [1.165, 1.54) is 5.56 Å². The first-order chi connectivity index (χ1) is 15.7. The summed E-state index contributed by atoms with van der Waals surface area (Å²) < 4.78 is 16.7. The summed E-state index contributed by atoms with van der Waals surface area (Å²) in [6.45, 7) is 3.01. The van der Waals surface area contributed by atoms with Crippen LogP contribution in [-0.2, 0) is 13.2 Å². The number of fused-ring (bicyclic) bond motifs is 2. The molecule has 1 amide bonds. The molecule has 160 valence electrons. The van der Waals surface area contributed by atoms with E-state index in [-0.39, 0.29) is 12.7 Å². The Bertz CT molecular complexity index is 1290. The van der Waals surface area contributed by atoms with Gasteiger partial charge in [0, 0.05) is 18.0 Å². The number of nitrogens with zero attached hydrogens (tertiary/aromatic N) is 1. The summed E-state index contributed by atoms with van der Waals surface area (Å²) in [5.74, 6) is 1.63. The number of amides is 1. The van der Waals surface area contributed by atoms with Crippen molar-refractivity contribution in [2.24, 2.45) is 0 Å². The molecule has 0 unspecified atom stereocenters. The molecule has 0 fully saturated rings. The van der Waals surface area contributed by atoms with Gasteiger partial charge in [-0.3, -0.25) is 4.79 Å². The molecule has 0 aliphatic carbocycles. The van der Waals surface area contributed by atoms with E-state index in [1.54, 1.807) is 6.07 Å². The van der Waals surface area contributed by atoms with Gasteiger partial charge in [-0.2, -0.15) is 0 Å². The van der Waals surface area contributed by atoms with Gasteiger partial charge in [0.05, 0.1) is 11.1 Å². The number of benzene rings is 3. The van der Waals surface area contributed by atoms with E-state index >= 15 is 0 Å². The first-order valence-electron chi connectivity index (χ1n) is 10.4. The molecule has 6 heteroatoms. The molecule has 2 heterocycles. The fourth-order valence-electron chi connectivity index (χ4n) is 3.58. The second kappa shape index (κ2) is 8.59. The Balaban J connectivity index is 1.35. The van der Waals surface area contributed by atoms with Gasteiger partial charge in [-0.25, -0.2) is 4.98 Å². The van der Waals surface area contributed by atoms with Gasteiger partial charge in [-0.15, -0.1) is 0 Å². The number of pyridine rings is 1. The second-order valence-corrected chi connectivity index (χ2v) is 7.67. The van der Waals surface area contributed by atoms with Gasteiger partial charge in [0.1, 0.15) is 6.61 Å². The van der Waals surface area contributed by atoms with E-state index in [0.717, 1.165) is 22.3 Å². The van der Waals surface area contributed by atoms with Crippen molar-refractivity contribution >= 4 is 16.8 Å². The van der Waals surface area contributed by atoms with Gasteiger partial charge in [-0.1, -0.05) is 54.1 Å². The van der Waals surface area contributed by atoms with Crippen LogP contribution in [0, 0.1) is 6.92 Å². The molecule has 32 heavy (non-hydrogen) atoms. The van der Waals surface area contributed by atoms with E-state index in [9.17, 15) is 4.79 Å². The lowest BCUT2D eigenvalue weighted by molar-refractivity contribution is 0.0952. The summed E-state index contributed by atoms with van der Waals surface area (Å²) in [6, 6.07) is 23.0. The molecule has 6 nitrogen and oxygen atoms in total. The van der Waals surface area contributed by atoms with Crippen LogP contribution in [0.15, 0.2) is 72.8 Å². The van der Waals surface area contributed by atoms with Crippen molar-refractivity contribution in [3.8, 4) is 17.4 Å². The second-order valence-electron chi connectivity index (χ2n) is 7.67. The van der Waals surface area contributed by atoms with Crippen LogP contribution in [0.25, 0.3) is 10.9 Å². The maximum Gasteiger partial charge on any atom is 0.252 e. The summed E-state index contributed by atoms with van der Waals surface area (Å²) in [4.78, 5) is 17.7. The van der Waals surface area contributed by atoms with Crippen LogP contribution in [0.1, 0.15) is 27.0 Å². The maximum atomic E-state index is 13.1. The Kier molecular flexibility index (Phi) is 5.34. The fourth-order valence-corrected chi connectivity index (χ4v) is 3.58. The highest BCUT2D eigenvalue weighted by atomic mass is 16.7. The van der Waals surface area contributed by atoms with Crippen LogP contribution in [0.4, 0.5) is 0 Å². The van der Waals surface area contributed by atoms with Crippen LogP contribution >= 0.6 is 0 Å². The quantitative estimate of drug-likeness (QED) is 0.481. The topological polar surface area (TPSA) is 69.7 Å². The summed E-state index contributed by atoms with van der Waals surface area (Å²) in [5, 5.41) is 3.76. The minimum atomic E-state index is -0.193. The fraction of sp³-hybridized carbons (Fsp3) is 0.154. The number of nitrogens with one attached hydrogen (secondary N) is 1. The molecular weight excluding hydrogens is 404 g/mol. The van der Waals surface area contributed by atoms with Gasteiger partial charge in [0.15, 0.2) is 11.5 Å². The van der Waals surface area contributed by atoms with Crippen molar-refractivity contribution in [2.75, 3.05) is 6.79 Å². The van der Waals surface area contributed by atoms with E-state index in [2.05, 4.69) is 10.3 Å². The zero-order chi connectivity index (χ0) is 21.9. The predicted octanol–water partition coefficient (Wildman–Crippen LogP) is 4.78. The SMILES string of the molecule is Cc1ccc(COc2cc(C(=O)NCc3ccc4c(c3)OCO4)c3ccccc3n2)cc1. The molecule has 1 N–H and O–H groups in total. The molecule has 0 atom stereocenters. The molecule has 3 aromatic carbocycles. The average molecular weight is 426 g/mol. The summed E-state index contributed by atoms with van der Waals surface area (Å²) in [6.07, 6.45) is 0. The number of hydrogen-bond donors (Lipinski definition) is 1. The number of carbonyl (C=O) groups excluding carboxylic acids is 1. The summed E-state index contributed by atoms with van der Waals surface area (Å²) in [7, 11) is 0. The third kappa shape index (κ3) is 4.21. The first-order valence-corrected chi connectivity index (χ1v) is 10.4. The Hall–Kier alpha value is -4.06. The predicted molar refractivity (Wildman–Crippen MR) is 121 cm³/mol. The van der Waals surface area contributed by atoms with E-state index in [0.29, 0.717) is 35.9 Å². The van der Waals surface area contributed by atoms with Crippen molar-refractivity contribution in [3.05, 3.63) is 95.1 Å². The van der Waals surface area contributed by atoms with Crippen LogP contribution < -0.4 is 19.5 Å². The summed E-state index contributed by atoms with van der Waals surface area (Å²) >= 11 is 0. The zero-order valence-electron chi connectivity index (χ0n) is 17.6. The number of carbonyl (C=O) groups is 1. The lowest BCUT2D eigenvalue weighted by Gasteiger charge is -2.12. The van der Waals surface area contributed by atoms with Gasteiger partial charge < -0.3 is 19.5 Å². The third-order valence-corrected chi connectivity index (χ3v) is 5.33. The zero-order valence-corrected chi connectivity index (χ0v) is 17.6. The van der Waals surface area contributed by atoms with Gasteiger partial charge >= 0.3 is 0 Å². The minimum Gasteiger partial charge on any atom is -0.473 e. The number of para-hydroxylation sites is 1. The Morgan fingerprint density at radius 2 is 1.75 bits per heavy atom. The molecule has 5 rings (SSSR count). The molecule has 0 saturated heterocycles. The van der Waals surface area contributed by atoms with Gasteiger partial charge in [0.25, 0.3) is 5.91 Å². The molecule has 1 aliphatic rings. The normalized spacial score (nSPS) is 12.0. The van der Waals surface area contributed by atoms with E-state index in [1.807, 2.05) is 73.7 Å². The minimum absolute atomic E-state index is 0.193. The average Bonchev–Trinajstić information content (AvgIpc) is 3.29. The number of aromatic nitrogens is 1. The standard InChI is InChI=1S/C26H22N2O4/c1-17-6-8-18(9-7-17)15-30-25-13-21(20-4-2-3-5-22(20)28-25)26(29)27-14-19-10-11-23-24(12-19)32-16-31-23/h2-13H,14-16H2,1H3,(H,27,29). The molecule has 0 spiro atoms. The van der Waals surface area contributed by atoms with Gasteiger partial charge in [-0.05, 0) is 36.2 Å². The van der Waals surface area contributed by atoms with Crippen LogP contribution in [-0.4, -0.2) is 17.7 Å². The Morgan fingerprint density at radius 3 is 2.62 bits per heavy atom. The van der Waals surface area contributed by atoms with E-state index < -0.39 is 0 Å². The molecular formula is C26H22N2O4. The molecule has 0 saturated carbocycles. The Labute approximate surface area is 185 Å². The number of hydrogen-bond acceptors (Lipinski definition) is 5. The highest BCUT2D eigenvalue weighted by molar-refractivity contribution is 6.06. The Morgan fingerprint density at radius 1 is 0.969 bits per heavy atom. The molecule has 0 bridgehead atoms. The highest BCUT2D eigenvalue weighted by Crippen LogP contribution is 2.32. The summed E-state index contributed by atoms with van der Waals surface area (Å²) in [5.41, 5.74) is 4.40. The number of rotatable bonds is 6. The van der Waals surface area contributed by atoms with Crippen LogP contribution in [0.5, 0.6) is 17.4 Å². The molecule has 0 radical (unpaired) electrons. The van der Waals surface area contributed by atoms with Crippen molar-refractivity contribution in [2.45, 2.75) is 20.1 Å². The van der Waals surface area contributed by atoms with Crippen molar-refractivity contribution in [1.82, 2.24) is 10.3 Å². The number of ether oxygens (including phenoxy) is 3. The van der Waals surface area contributed by atoms with Crippen molar-refractivity contribution in [1.29, 1.82) is 0 Å². The third-order valence-electron chi connectivity index (χ3n) is 5.33. The van der Waals surface area contributed by atoms with Gasteiger partial charge in [0.2, 0.25) is 12.7 Å². The van der Waals surface area contributed by atoms with E-state index in [4.69, 9.17) is 14.2 Å².